The van der Waals surface area contributed by atoms with Crippen LogP contribution >= 0.6 is 0 Å². The van der Waals surface area contributed by atoms with Gasteiger partial charge in [0, 0.05) is 25.3 Å². The molecule has 0 atom stereocenters. The van der Waals surface area contributed by atoms with E-state index in [1.54, 1.807) is 18.2 Å². The van der Waals surface area contributed by atoms with Crippen molar-refractivity contribution in [2.45, 2.75) is 4.90 Å². The number of anilines is 2. The zero-order chi connectivity index (χ0) is 21.9. The SMILES string of the molecule is CN(C)S(=O)(=O)c1cccc(C(=O)NCC(=O)Nc2ccc3c(c2)NC(=O)CO3)c1. The molecule has 0 bridgehead atoms. The lowest BCUT2D eigenvalue weighted by molar-refractivity contribution is -0.118. The second kappa shape index (κ2) is 8.51. The van der Waals surface area contributed by atoms with Gasteiger partial charge in [-0.05, 0) is 36.4 Å². The van der Waals surface area contributed by atoms with Crippen LogP contribution in [0.15, 0.2) is 47.4 Å². The Kier molecular flexibility index (Phi) is 6.04. The molecule has 0 saturated heterocycles. The third kappa shape index (κ3) is 4.75. The molecular formula is C19H20N4O6S. The van der Waals surface area contributed by atoms with Gasteiger partial charge in [-0.2, -0.15) is 0 Å². The van der Waals surface area contributed by atoms with E-state index in [0.717, 1.165) is 4.31 Å². The highest BCUT2D eigenvalue weighted by molar-refractivity contribution is 7.89. The number of nitrogens with zero attached hydrogens (tertiary/aromatic N) is 1. The zero-order valence-corrected chi connectivity index (χ0v) is 17.1. The third-order valence-electron chi connectivity index (χ3n) is 4.18. The van der Waals surface area contributed by atoms with Gasteiger partial charge < -0.3 is 20.7 Å². The van der Waals surface area contributed by atoms with Gasteiger partial charge in [0.2, 0.25) is 15.9 Å². The lowest BCUT2D eigenvalue weighted by Crippen LogP contribution is -2.33. The Morgan fingerprint density at radius 3 is 2.67 bits per heavy atom. The molecular weight excluding hydrogens is 412 g/mol. The fourth-order valence-corrected chi connectivity index (χ4v) is 3.59. The summed E-state index contributed by atoms with van der Waals surface area (Å²) in [6.45, 7) is -0.398. The second-order valence-corrected chi connectivity index (χ2v) is 8.75. The van der Waals surface area contributed by atoms with Gasteiger partial charge in [0.25, 0.3) is 11.8 Å². The Bertz CT molecular complexity index is 1110. The van der Waals surface area contributed by atoms with Crippen molar-refractivity contribution in [3.8, 4) is 5.75 Å². The summed E-state index contributed by atoms with van der Waals surface area (Å²) in [6, 6.07) is 10.3. The molecule has 3 N–H and O–H groups in total. The summed E-state index contributed by atoms with van der Waals surface area (Å²) in [4.78, 5) is 35.8. The topological polar surface area (TPSA) is 134 Å². The average molecular weight is 432 g/mol. The number of sulfonamides is 1. The van der Waals surface area contributed by atoms with Crippen molar-refractivity contribution < 1.29 is 27.5 Å². The minimum Gasteiger partial charge on any atom is -0.482 e. The van der Waals surface area contributed by atoms with Crippen molar-refractivity contribution in [1.82, 2.24) is 9.62 Å². The first-order valence-corrected chi connectivity index (χ1v) is 10.3. The minimum absolute atomic E-state index is 0.0251. The van der Waals surface area contributed by atoms with Crippen LogP contribution in [0.4, 0.5) is 11.4 Å². The van der Waals surface area contributed by atoms with E-state index in [2.05, 4.69) is 16.0 Å². The molecule has 3 rings (SSSR count). The smallest absolute Gasteiger partial charge is 0.262 e. The third-order valence-corrected chi connectivity index (χ3v) is 5.99. The molecule has 2 aromatic rings. The monoisotopic (exact) mass is 432 g/mol. The lowest BCUT2D eigenvalue weighted by Gasteiger charge is -2.18. The molecule has 1 aliphatic heterocycles. The second-order valence-electron chi connectivity index (χ2n) is 6.59. The average Bonchev–Trinajstić information content (AvgIpc) is 2.71. The maximum Gasteiger partial charge on any atom is 0.262 e. The molecule has 1 aliphatic rings. The van der Waals surface area contributed by atoms with Crippen molar-refractivity contribution in [2.24, 2.45) is 0 Å². The highest BCUT2D eigenvalue weighted by Gasteiger charge is 2.19. The number of hydrogen-bond donors (Lipinski definition) is 3. The number of rotatable bonds is 6. The lowest BCUT2D eigenvalue weighted by atomic mass is 10.2. The van der Waals surface area contributed by atoms with Crippen LogP contribution in [-0.4, -0.2) is 57.7 Å². The molecule has 158 valence electrons. The highest BCUT2D eigenvalue weighted by Crippen LogP contribution is 2.30. The summed E-state index contributed by atoms with van der Waals surface area (Å²) >= 11 is 0. The number of carbonyl (C=O) groups is 3. The van der Waals surface area contributed by atoms with Crippen molar-refractivity contribution in [1.29, 1.82) is 0 Å². The molecule has 2 aromatic carbocycles. The Labute approximate surface area is 173 Å². The van der Waals surface area contributed by atoms with Gasteiger partial charge in [-0.1, -0.05) is 6.07 Å². The van der Waals surface area contributed by atoms with Gasteiger partial charge >= 0.3 is 0 Å². The number of benzene rings is 2. The van der Waals surface area contributed by atoms with E-state index in [9.17, 15) is 22.8 Å². The van der Waals surface area contributed by atoms with Crippen LogP contribution in [0, 0.1) is 0 Å². The van der Waals surface area contributed by atoms with E-state index in [1.165, 1.54) is 38.4 Å². The molecule has 0 unspecified atom stereocenters. The van der Waals surface area contributed by atoms with E-state index in [4.69, 9.17) is 4.74 Å². The van der Waals surface area contributed by atoms with Gasteiger partial charge in [0.1, 0.15) is 5.75 Å². The molecule has 0 fully saturated rings. The first kappa shape index (κ1) is 21.3. The normalized spacial score (nSPS) is 13.1. The van der Waals surface area contributed by atoms with Gasteiger partial charge in [-0.15, -0.1) is 0 Å². The van der Waals surface area contributed by atoms with Gasteiger partial charge in [-0.3, -0.25) is 14.4 Å². The quantitative estimate of drug-likeness (QED) is 0.613. The Hall–Kier alpha value is -3.44. The Balaban J connectivity index is 1.61. The zero-order valence-electron chi connectivity index (χ0n) is 16.3. The summed E-state index contributed by atoms with van der Waals surface area (Å²) in [5.74, 6) is -0.888. The van der Waals surface area contributed by atoms with E-state index in [0.29, 0.717) is 17.1 Å². The molecule has 0 radical (unpaired) electrons. The minimum atomic E-state index is -3.68. The number of carbonyl (C=O) groups excluding carboxylic acids is 3. The number of nitrogens with one attached hydrogen (secondary N) is 3. The van der Waals surface area contributed by atoms with Crippen LogP contribution in [-0.2, 0) is 19.6 Å². The standard InChI is InChI=1S/C19H20N4O6S/c1-23(2)30(27,28)14-5-3-4-12(8-14)19(26)20-10-17(24)21-13-6-7-16-15(9-13)22-18(25)11-29-16/h3-9H,10-11H2,1-2H3,(H,20,26)(H,21,24)(H,22,25). The molecule has 0 spiro atoms. The molecule has 30 heavy (non-hydrogen) atoms. The van der Waals surface area contributed by atoms with Crippen LogP contribution in [0.1, 0.15) is 10.4 Å². The fraction of sp³-hybridized carbons (Fsp3) is 0.211. The predicted molar refractivity (Wildman–Crippen MR) is 109 cm³/mol. The number of fused-ring (bicyclic) bond motifs is 1. The van der Waals surface area contributed by atoms with Crippen LogP contribution in [0.25, 0.3) is 0 Å². The predicted octanol–water partition coefficient (Wildman–Crippen LogP) is 0.636. The molecule has 0 saturated carbocycles. The molecule has 0 aliphatic carbocycles. The van der Waals surface area contributed by atoms with E-state index >= 15 is 0 Å². The highest BCUT2D eigenvalue weighted by atomic mass is 32.2. The molecule has 3 amide bonds. The Morgan fingerprint density at radius 2 is 1.93 bits per heavy atom. The van der Waals surface area contributed by atoms with Crippen molar-refractivity contribution in [2.75, 3.05) is 37.9 Å². The van der Waals surface area contributed by atoms with Gasteiger partial charge in [0.15, 0.2) is 6.61 Å². The van der Waals surface area contributed by atoms with E-state index < -0.39 is 21.8 Å². The van der Waals surface area contributed by atoms with E-state index in [1.807, 2.05) is 0 Å². The van der Waals surface area contributed by atoms with Crippen molar-refractivity contribution >= 4 is 39.1 Å². The summed E-state index contributed by atoms with van der Waals surface area (Å²) in [5, 5.41) is 7.68. The maximum atomic E-state index is 12.3. The number of amides is 3. The van der Waals surface area contributed by atoms with Gasteiger partial charge in [0.05, 0.1) is 17.1 Å². The first-order valence-electron chi connectivity index (χ1n) is 8.84. The molecule has 11 heteroatoms. The largest absolute Gasteiger partial charge is 0.482 e. The van der Waals surface area contributed by atoms with Crippen LogP contribution in [0.5, 0.6) is 5.75 Å². The summed E-state index contributed by atoms with van der Waals surface area (Å²) in [6.07, 6.45) is 0. The number of hydrogen-bond acceptors (Lipinski definition) is 6. The molecule has 0 aromatic heterocycles. The summed E-state index contributed by atoms with van der Waals surface area (Å²) in [5.41, 5.74) is 0.962. The molecule has 10 nitrogen and oxygen atoms in total. The molecule has 1 heterocycles. The van der Waals surface area contributed by atoms with E-state index in [-0.39, 0.29) is 29.5 Å². The first-order chi connectivity index (χ1) is 14.2. The Morgan fingerprint density at radius 1 is 1.17 bits per heavy atom. The van der Waals surface area contributed by atoms with Crippen molar-refractivity contribution in [3.63, 3.8) is 0 Å². The van der Waals surface area contributed by atoms with Crippen molar-refractivity contribution in [3.05, 3.63) is 48.0 Å². The van der Waals surface area contributed by atoms with Crippen LogP contribution in [0.3, 0.4) is 0 Å². The van der Waals surface area contributed by atoms with Crippen LogP contribution < -0.4 is 20.7 Å². The van der Waals surface area contributed by atoms with Gasteiger partial charge in [-0.25, -0.2) is 12.7 Å². The summed E-state index contributed by atoms with van der Waals surface area (Å²) in [7, 11) is -0.895. The fourth-order valence-electron chi connectivity index (χ4n) is 2.64. The maximum absolute atomic E-state index is 12.3. The number of ether oxygens (including phenoxy) is 1. The van der Waals surface area contributed by atoms with Crippen LogP contribution in [0.2, 0.25) is 0 Å². The summed E-state index contributed by atoms with van der Waals surface area (Å²) < 4.78 is 30.7.